The summed E-state index contributed by atoms with van der Waals surface area (Å²) >= 11 is 0. The van der Waals surface area contributed by atoms with E-state index in [1.807, 2.05) is 6.20 Å². The minimum absolute atomic E-state index is 0.748. The van der Waals surface area contributed by atoms with Crippen molar-refractivity contribution in [3.05, 3.63) is 18.2 Å². The van der Waals surface area contributed by atoms with Gasteiger partial charge in [-0.05, 0) is 18.9 Å². The number of fused-ring (bicyclic) bond motifs is 1. The highest BCUT2D eigenvalue weighted by Gasteiger charge is 2.35. The molecule has 2 aliphatic rings. The standard InChI is InChI=1S/C10H16N4/c1-2-12-10-6-14(4-8(1)10)5-9-3-11-7-13-9/h3,7-8,10,12H,1-2,4-6H2,(H,11,13)/t8-,10?/m0/s1. The third-order valence-electron chi connectivity index (χ3n) is 3.39. The smallest absolute Gasteiger partial charge is 0.0922 e. The molecule has 0 radical (unpaired) electrons. The van der Waals surface area contributed by atoms with Gasteiger partial charge in [0.1, 0.15) is 0 Å². The van der Waals surface area contributed by atoms with Crippen molar-refractivity contribution in [1.29, 1.82) is 0 Å². The Bertz CT molecular complexity index is 283. The zero-order valence-electron chi connectivity index (χ0n) is 8.24. The molecule has 3 rings (SSSR count). The Labute approximate surface area is 83.7 Å². The van der Waals surface area contributed by atoms with Crippen LogP contribution in [-0.2, 0) is 6.54 Å². The fourth-order valence-electron chi connectivity index (χ4n) is 2.68. The summed E-state index contributed by atoms with van der Waals surface area (Å²) in [5.41, 5.74) is 1.23. The van der Waals surface area contributed by atoms with E-state index in [2.05, 4.69) is 20.2 Å². The lowest BCUT2D eigenvalue weighted by atomic mass is 10.1. The summed E-state index contributed by atoms with van der Waals surface area (Å²) in [7, 11) is 0. The topological polar surface area (TPSA) is 44.0 Å². The van der Waals surface area contributed by atoms with Crippen molar-refractivity contribution in [2.45, 2.75) is 19.0 Å². The van der Waals surface area contributed by atoms with Gasteiger partial charge in [0.05, 0.1) is 6.33 Å². The highest BCUT2D eigenvalue weighted by molar-refractivity contribution is 4.99. The molecule has 0 aromatic carbocycles. The van der Waals surface area contributed by atoms with Crippen molar-refractivity contribution in [3.8, 4) is 0 Å². The normalized spacial score (nSPS) is 32.3. The molecule has 1 unspecified atom stereocenters. The molecule has 2 atom stereocenters. The Morgan fingerprint density at radius 1 is 1.50 bits per heavy atom. The number of nitrogens with zero attached hydrogens (tertiary/aromatic N) is 2. The minimum Gasteiger partial charge on any atom is -0.347 e. The molecule has 1 aromatic heterocycles. The predicted octanol–water partition coefficient (Wildman–Crippen LogP) is 0.203. The van der Waals surface area contributed by atoms with E-state index >= 15 is 0 Å². The number of imidazole rings is 1. The number of H-pyrrole nitrogens is 1. The van der Waals surface area contributed by atoms with E-state index in [9.17, 15) is 0 Å². The van der Waals surface area contributed by atoms with Gasteiger partial charge in [-0.15, -0.1) is 0 Å². The van der Waals surface area contributed by atoms with Crippen molar-refractivity contribution >= 4 is 0 Å². The van der Waals surface area contributed by atoms with E-state index in [0.29, 0.717) is 0 Å². The molecule has 0 spiro atoms. The SMILES string of the molecule is c1ncc(CN2CC3NCC[C@H]3C2)[nH]1. The van der Waals surface area contributed by atoms with Gasteiger partial charge in [0.15, 0.2) is 0 Å². The van der Waals surface area contributed by atoms with Gasteiger partial charge in [0.2, 0.25) is 0 Å². The Balaban J connectivity index is 1.61. The Morgan fingerprint density at radius 3 is 3.29 bits per heavy atom. The van der Waals surface area contributed by atoms with Gasteiger partial charge in [-0.2, -0.15) is 0 Å². The molecule has 0 aliphatic carbocycles. The molecule has 2 N–H and O–H groups in total. The molecule has 76 valence electrons. The Hall–Kier alpha value is -0.870. The molecule has 14 heavy (non-hydrogen) atoms. The fraction of sp³-hybridized carbons (Fsp3) is 0.700. The number of aromatic amines is 1. The van der Waals surface area contributed by atoms with E-state index in [0.717, 1.165) is 18.5 Å². The van der Waals surface area contributed by atoms with Gasteiger partial charge in [0.25, 0.3) is 0 Å². The van der Waals surface area contributed by atoms with E-state index in [4.69, 9.17) is 0 Å². The number of nitrogens with one attached hydrogen (secondary N) is 2. The highest BCUT2D eigenvalue weighted by Crippen LogP contribution is 2.25. The lowest BCUT2D eigenvalue weighted by molar-refractivity contribution is 0.303. The summed E-state index contributed by atoms with van der Waals surface area (Å²) < 4.78 is 0. The molecule has 1 aromatic rings. The lowest BCUT2D eigenvalue weighted by Crippen LogP contribution is -2.29. The van der Waals surface area contributed by atoms with Crippen molar-refractivity contribution in [2.24, 2.45) is 5.92 Å². The maximum absolute atomic E-state index is 4.04. The average Bonchev–Trinajstić information content (AvgIpc) is 2.78. The number of hydrogen-bond acceptors (Lipinski definition) is 3. The molecule has 2 fully saturated rings. The molecule has 4 nitrogen and oxygen atoms in total. The van der Waals surface area contributed by atoms with Gasteiger partial charge in [0, 0.05) is 37.6 Å². The maximum atomic E-state index is 4.04. The van der Waals surface area contributed by atoms with Crippen molar-refractivity contribution in [2.75, 3.05) is 19.6 Å². The van der Waals surface area contributed by atoms with Crippen molar-refractivity contribution in [3.63, 3.8) is 0 Å². The van der Waals surface area contributed by atoms with Crippen molar-refractivity contribution < 1.29 is 0 Å². The number of rotatable bonds is 2. The zero-order valence-corrected chi connectivity index (χ0v) is 8.24. The summed E-state index contributed by atoms with van der Waals surface area (Å²) in [6.07, 6.45) is 5.02. The summed E-state index contributed by atoms with van der Waals surface area (Å²) in [6, 6.07) is 0.748. The molecular formula is C10H16N4. The van der Waals surface area contributed by atoms with Crippen LogP contribution < -0.4 is 5.32 Å². The summed E-state index contributed by atoms with van der Waals surface area (Å²) in [6.45, 7) is 4.68. The van der Waals surface area contributed by atoms with Crippen LogP contribution in [-0.4, -0.2) is 40.5 Å². The van der Waals surface area contributed by atoms with Gasteiger partial charge >= 0.3 is 0 Å². The van der Waals surface area contributed by atoms with Crippen LogP contribution in [0.2, 0.25) is 0 Å². The maximum Gasteiger partial charge on any atom is 0.0922 e. The number of likely N-dealkylation sites (tertiary alicyclic amines) is 1. The summed E-state index contributed by atoms with van der Waals surface area (Å²) in [5, 5.41) is 3.56. The first-order valence-corrected chi connectivity index (χ1v) is 5.35. The second-order valence-corrected chi connectivity index (χ2v) is 4.38. The molecule has 0 amide bonds. The Morgan fingerprint density at radius 2 is 2.50 bits per heavy atom. The monoisotopic (exact) mass is 192 g/mol. The molecule has 4 heteroatoms. The number of hydrogen-bond donors (Lipinski definition) is 2. The van der Waals surface area contributed by atoms with Crippen LogP contribution >= 0.6 is 0 Å². The predicted molar refractivity (Wildman–Crippen MR) is 53.8 cm³/mol. The summed E-state index contributed by atoms with van der Waals surface area (Å²) in [4.78, 5) is 9.70. The molecule has 0 saturated carbocycles. The van der Waals surface area contributed by atoms with Crippen LogP contribution in [0.1, 0.15) is 12.1 Å². The van der Waals surface area contributed by atoms with Gasteiger partial charge in [-0.3, -0.25) is 4.90 Å². The van der Waals surface area contributed by atoms with Crippen molar-refractivity contribution in [1.82, 2.24) is 20.2 Å². The van der Waals surface area contributed by atoms with E-state index < -0.39 is 0 Å². The van der Waals surface area contributed by atoms with Crippen LogP contribution in [0.15, 0.2) is 12.5 Å². The van der Waals surface area contributed by atoms with Gasteiger partial charge in [-0.25, -0.2) is 4.98 Å². The first kappa shape index (κ1) is 8.44. The van der Waals surface area contributed by atoms with Crippen LogP contribution in [0.25, 0.3) is 0 Å². The zero-order chi connectivity index (χ0) is 9.38. The minimum atomic E-state index is 0.748. The van der Waals surface area contributed by atoms with Gasteiger partial charge < -0.3 is 10.3 Å². The lowest BCUT2D eigenvalue weighted by Gasteiger charge is -2.15. The third kappa shape index (κ3) is 1.44. The third-order valence-corrected chi connectivity index (χ3v) is 3.39. The molecule has 0 bridgehead atoms. The quantitative estimate of drug-likeness (QED) is 0.703. The largest absolute Gasteiger partial charge is 0.347 e. The van der Waals surface area contributed by atoms with Crippen LogP contribution in [0.5, 0.6) is 0 Å². The van der Waals surface area contributed by atoms with Crippen LogP contribution in [0, 0.1) is 5.92 Å². The highest BCUT2D eigenvalue weighted by atomic mass is 15.2. The second kappa shape index (κ2) is 3.37. The van der Waals surface area contributed by atoms with Crippen LogP contribution in [0.4, 0.5) is 0 Å². The van der Waals surface area contributed by atoms with E-state index in [-0.39, 0.29) is 0 Å². The Kier molecular flexibility index (Phi) is 2.03. The van der Waals surface area contributed by atoms with E-state index in [1.165, 1.54) is 31.7 Å². The second-order valence-electron chi connectivity index (χ2n) is 4.38. The molecule has 2 aliphatic heterocycles. The average molecular weight is 192 g/mol. The fourth-order valence-corrected chi connectivity index (χ4v) is 2.68. The van der Waals surface area contributed by atoms with Crippen LogP contribution in [0.3, 0.4) is 0 Å². The first-order chi connectivity index (χ1) is 6.92. The molecule has 3 heterocycles. The molecule has 2 saturated heterocycles. The molecular weight excluding hydrogens is 176 g/mol. The first-order valence-electron chi connectivity index (χ1n) is 5.35. The van der Waals surface area contributed by atoms with Gasteiger partial charge in [-0.1, -0.05) is 0 Å². The van der Waals surface area contributed by atoms with E-state index in [1.54, 1.807) is 6.33 Å². The number of aromatic nitrogens is 2. The summed E-state index contributed by atoms with van der Waals surface area (Å²) in [5.74, 6) is 0.887.